The molecule has 0 spiro atoms. The fourth-order valence-corrected chi connectivity index (χ4v) is 3.54. The smallest absolute Gasteiger partial charge is 0.194 e. The first-order valence-electron chi connectivity index (χ1n) is 9.99. The van der Waals surface area contributed by atoms with Gasteiger partial charge in [0.1, 0.15) is 5.75 Å². The summed E-state index contributed by atoms with van der Waals surface area (Å²) in [5, 5.41) is 1.88. The number of ether oxygens (including phenoxy) is 1. The number of fused-ring (bicyclic) bond motifs is 1. The molecule has 0 radical (unpaired) electrons. The second-order valence-electron chi connectivity index (χ2n) is 7.61. The number of carbonyl (C=O) groups is 1. The van der Waals surface area contributed by atoms with E-state index in [0.717, 1.165) is 33.2 Å². The normalized spacial score (nSPS) is 11.0. The van der Waals surface area contributed by atoms with Crippen molar-refractivity contribution >= 4 is 16.6 Å². The van der Waals surface area contributed by atoms with Gasteiger partial charge in [0.2, 0.25) is 0 Å². The van der Waals surface area contributed by atoms with Crippen LogP contribution in [0.5, 0.6) is 5.75 Å². The summed E-state index contributed by atoms with van der Waals surface area (Å²) < 4.78 is 6.17. The second-order valence-corrected chi connectivity index (χ2v) is 7.61. The predicted octanol–water partition coefficient (Wildman–Crippen LogP) is 6.77. The van der Waals surface area contributed by atoms with Crippen LogP contribution in [-0.4, -0.2) is 12.4 Å². The number of carbonyl (C=O) groups excluding carboxylic acids is 1. The van der Waals surface area contributed by atoms with Crippen molar-refractivity contribution in [3.8, 4) is 16.9 Å². The van der Waals surface area contributed by atoms with Gasteiger partial charge in [0, 0.05) is 16.5 Å². The van der Waals surface area contributed by atoms with Crippen molar-refractivity contribution < 1.29 is 9.53 Å². The molecule has 2 heteroatoms. The minimum Gasteiger partial charge on any atom is -0.493 e. The summed E-state index contributed by atoms with van der Waals surface area (Å²) in [6, 6.07) is 29.6. The highest BCUT2D eigenvalue weighted by Crippen LogP contribution is 2.38. The number of hydrogen-bond donors (Lipinski definition) is 0. The lowest BCUT2D eigenvalue weighted by molar-refractivity contribution is 0.104. The molecule has 29 heavy (non-hydrogen) atoms. The third-order valence-electron chi connectivity index (χ3n) is 4.93. The summed E-state index contributed by atoms with van der Waals surface area (Å²) in [5.41, 5.74) is 3.31. The summed E-state index contributed by atoms with van der Waals surface area (Å²) in [7, 11) is 0. The number of benzene rings is 4. The Morgan fingerprint density at radius 3 is 2.03 bits per heavy atom. The second kappa shape index (κ2) is 8.32. The van der Waals surface area contributed by atoms with Gasteiger partial charge in [-0.15, -0.1) is 0 Å². The van der Waals surface area contributed by atoms with Crippen molar-refractivity contribution in [2.75, 3.05) is 6.61 Å². The highest BCUT2D eigenvalue weighted by atomic mass is 16.5. The quantitative estimate of drug-likeness (QED) is 0.345. The molecule has 2 nitrogen and oxygen atoms in total. The van der Waals surface area contributed by atoms with Gasteiger partial charge in [0.25, 0.3) is 0 Å². The fraction of sp³-hybridized carbons (Fsp3) is 0.148. The van der Waals surface area contributed by atoms with Crippen LogP contribution in [0.3, 0.4) is 0 Å². The van der Waals surface area contributed by atoms with E-state index in [-0.39, 0.29) is 5.78 Å². The van der Waals surface area contributed by atoms with Crippen LogP contribution in [0.25, 0.3) is 21.9 Å². The standard InChI is InChI=1S/C27H24O2/c1-19(2)18-29-25-17-24(20-11-5-3-6-12-20)26(23-16-10-9-15-22(23)25)27(28)21-13-7-4-8-14-21/h3-17,19H,18H2,1-2H3. The molecule has 0 N–H and O–H groups in total. The maximum Gasteiger partial charge on any atom is 0.194 e. The molecule has 4 aromatic carbocycles. The Morgan fingerprint density at radius 1 is 0.793 bits per heavy atom. The van der Waals surface area contributed by atoms with E-state index in [4.69, 9.17) is 4.74 Å². The van der Waals surface area contributed by atoms with Crippen LogP contribution >= 0.6 is 0 Å². The molecule has 0 aromatic heterocycles. The van der Waals surface area contributed by atoms with Gasteiger partial charge in [-0.1, -0.05) is 98.8 Å². The van der Waals surface area contributed by atoms with Gasteiger partial charge < -0.3 is 4.74 Å². The molecule has 0 aliphatic rings. The number of hydrogen-bond acceptors (Lipinski definition) is 2. The molecule has 0 unspecified atom stereocenters. The highest BCUT2D eigenvalue weighted by Gasteiger charge is 2.21. The first-order chi connectivity index (χ1) is 14.1. The molecule has 0 atom stereocenters. The molecule has 0 aliphatic carbocycles. The van der Waals surface area contributed by atoms with Gasteiger partial charge in [0.05, 0.1) is 6.61 Å². The highest BCUT2D eigenvalue weighted by molar-refractivity contribution is 6.21. The van der Waals surface area contributed by atoms with Gasteiger partial charge in [-0.05, 0) is 28.5 Å². The molecule has 0 heterocycles. The molecule has 4 rings (SSSR count). The topological polar surface area (TPSA) is 26.3 Å². The molecular formula is C27H24O2. The Hall–Kier alpha value is -3.39. The van der Waals surface area contributed by atoms with E-state index in [1.54, 1.807) is 0 Å². The zero-order valence-electron chi connectivity index (χ0n) is 16.8. The van der Waals surface area contributed by atoms with Crippen molar-refractivity contribution in [2.45, 2.75) is 13.8 Å². The molecule has 0 bridgehead atoms. The van der Waals surface area contributed by atoms with E-state index in [2.05, 4.69) is 13.8 Å². The van der Waals surface area contributed by atoms with Crippen molar-refractivity contribution in [1.29, 1.82) is 0 Å². The van der Waals surface area contributed by atoms with E-state index < -0.39 is 0 Å². The van der Waals surface area contributed by atoms with Crippen LogP contribution in [0.2, 0.25) is 0 Å². The Labute approximate surface area is 171 Å². The maximum atomic E-state index is 13.6. The minimum atomic E-state index is 0.0241. The van der Waals surface area contributed by atoms with Crippen molar-refractivity contribution in [2.24, 2.45) is 5.92 Å². The molecule has 0 saturated carbocycles. The molecule has 4 aromatic rings. The average molecular weight is 380 g/mol. The number of rotatable bonds is 6. The van der Waals surface area contributed by atoms with E-state index >= 15 is 0 Å². The zero-order valence-corrected chi connectivity index (χ0v) is 16.8. The Bertz CT molecular complexity index is 1130. The van der Waals surface area contributed by atoms with Gasteiger partial charge in [0.15, 0.2) is 5.78 Å². The zero-order chi connectivity index (χ0) is 20.2. The molecule has 0 fully saturated rings. The molecular weight excluding hydrogens is 356 g/mol. The summed E-state index contributed by atoms with van der Waals surface area (Å²) in [5.74, 6) is 1.26. The molecule has 0 saturated heterocycles. The summed E-state index contributed by atoms with van der Waals surface area (Å²) >= 11 is 0. The Balaban J connectivity index is 2.00. The lowest BCUT2D eigenvalue weighted by Gasteiger charge is -2.18. The Kier molecular flexibility index (Phi) is 5.44. The van der Waals surface area contributed by atoms with Crippen molar-refractivity contribution in [3.63, 3.8) is 0 Å². The lowest BCUT2D eigenvalue weighted by Crippen LogP contribution is -2.08. The van der Waals surface area contributed by atoms with Crippen molar-refractivity contribution in [3.05, 3.63) is 102 Å². The molecule has 0 amide bonds. The average Bonchev–Trinajstić information content (AvgIpc) is 2.77. The van der Waals surface area contributed by atoms with E-state index in [0.29, 0.717) is 18.1 Å². The van der Waals surface area contributed by atoms with Gasteiger partial charge in [-0.2, -0.15) is 0 Å². The van der Waals surface area contributed by atoms with Gasteiger partial charge >= 0.3 is 0 Å². The van der Waals surface area contributed by atoms with Crippen LogP contribution in [0.15, 0.2) is 91.0 Å². The van der Waals surface area contributed by atoms with Gasteiger partial charge in [-0.25, -0.2) is 0 Å². The summed E-state index contributed by atoms with van der Waals surface area (Å²) in [4.78, 5) is 13.6. The third-order valence-corrected chi connectivity index (χ3v) is 4.93. The summed E-state index contributed by atoms with van der Waals surface area (Å²) in [6.07, 6.45) is 0. The molecule has 144 valence electrons. The number of ketones is 1. The van der Waals surface area contributed by atoms with Crippen LogP contribution in [0.4, 0.5) is 0 Å². The fourth-order valence-electron chi connectivity index (χ4n) is 3.54. The van der Waals surface area contributed by atoms with Crippen LogP contribution in [-0.2, 0) is 0 Å². The molecule has 0 aliphatic heterocycles. The maximum absolute atomic E-state index is 13.6. The lowest BCUT2D eigenvalue weighted by atomic mass is 9.89. The van der Waals surface area contributed by atoms with Crippen LogP contribution in [0, 0.1) is 5.92 Å². The van der Waals surface area contributed by atoms with Gasteiger partial charge in [-0.3, -0.25) is 4.79 Å². The van der Waals surface area contributed by atoms with Crippen molar-refractivity contribution in [1.82, 2.24) is 0 Å². The third kappa shape index (κ3) is 3.93. The predicted molar refractivity (Wildman–Crippen MR) is 120 cm³/mol. The first kappa shape index (κ1) is 18.9. The largest absolute Gasteiger partial charge is 0.493 e. The van der Waals surface area contributed by atoms with E-state index in [9.17, 15) is 4.79 Å². The SMILES string of the molecule is CC(C)COc1cc(-c2ccccc2)c(C(=O)c2ccccc2)c2ccccc12. The Morgan fingerprint density at radius 2 is 1.38 bits per heavy atom. The monoisotopic (exact) mass is 380 g/mol. The van der Waals surface area contributed by atoms with Crippen LogP contribution < -0.4 is 4.74 Å². The summed E-state index contributed by atoms with van der Waals surface area (Å²) in [6.45, 7) is 4.89. The van der Waals surface area contributed by atoms with Crippen LogP contribution in [0.1, 0.15) is 29.8 Å². The minimum absolute atomic E-state index is 0.0241. The van der Waals surface area contributed by atoms with E-state index in [1.165, 1.54) is 0 Å². The van der Waals surface area contributed by atoms with E-state index in [1.807, 2.05) is 91.0 Å². The first-order valence-corrected chi connectivity index (χ1v) is 9.99.